The summed E-state index contributed by atoms with van der Waals surface area (Å²) in [5.41, 5.74) is 1.66. The monoisotopic (exact) mass is 395 g/mol. The van der Waals surface area contributed by atoms with Gasteiger partial charge in [0.1, 0.15) is 6.42 Å². The third kappa shape index (κ3) is 3.70. The topological polar surface area (TPSA) is 52.7 Å². The fourth-order valence-electron chi connectivity index (χ4n) is 6.47. The molecule has 2 amide bonds. The zero-order valence-electron chi connectivity index (χ0n) is 17.3. The maximum Gasteiger partial charge on any atom is 0.236 e. The van der Waals surface area contributed by atoms with Crippen LogP contribution in [0.15, 0.2) is 24.3 Å². The molecule has 2 bridgehead atoms. The maximum atomic E-state index is 13.0. The van der Waals surface area contributed by atoms with Gasteiger partial charge >= 0.3 is 0 Å². The summed E-state index contributed by atoms with van der Waals surface area (Å²) in [6.45, 7) is 0. The van der Waals surface area contributed by atoms with Crippen LogP contribution < -0.4 is 10.2 Å². The molecule has 5 rings (SSSR count). The molecule has 1 aromatic carbocycles. The van der Waals surface area contributed by atoms with Crippen LogP contribution in [0.3, 0.4) is 0 Å². The van der Waals surface area contributed by atoms with Gasteiger partial charge in [0.2, 0.25) is 11.8 Å². The van der Waals surface area contributed by atoms with E-state index in [0.717, 1.165) is 30.3 Å². The first kappa shape index (κ1) is 19.1. The Balaban J connectivity index is 1.38. The number of piperidine rings is 1. The van der Waals surface area contributed by atoms with Crippen molar-refractivity contribution in [1.29, 1.82) is 0 Å². The highest BCUT2D eigenvalue weighted by Crippen LogP contribution is 2.43. The molecule has 156 valence electrons. The zero-order valence-corrected chi connectivity index (χ0v) is 17.3. The van der Waals surface area contributed by atoms with E-state index < -0.39 is 0 Å². The molecular formula is C24H33N3O2. The standard InChI is InChI=1S/C24H33N3O2/c28-23-16-24(29)27(22-11-7-6-10-21(22)25-23)20-14-18-12-13-19(15-20)26(18)17-8-4-2-1-3-5-9-17/h6-7,10-11,17-20H,1-5,8-9,12-16H2,(H,25,28)/t18-,19+,20?. The van der Waals surface area contributed by atoms with Gasteiger partial charge in [-0.15, -0.1) is 0 Å². The molecule has 3 atom stereocenters. The Kier molecular flexibility index (Phi) is 5.33. The molecule has 3 aliphatic heterocycles. The minimum Gasteiger partial charge on any atom is -0.324 e. The van der Waals surface area contributed by atoms with Crippen LogP contribution >= 0.6 is 0 Å². The predicted octanol–water partition coefficient (Wildman–Crippen LogP) is 4.47. The molecule has 5 heteroatoms. The smallest absolute Gasteiger partial charge is 0.236 e. The van der Waals surface area contributed by atoms with Gasteiger partial charge in [-0.3, -0.25) is 14.5 Å². The lowest BCUT2D eigenvalue weighted by molar-refractivity contribution is -0.125. The number of carbonyl (C=O) groups is 2. The molecule has 1 saturated carbocycles. The third-order valence-corrected chi connectivity index (χ3v) is 7.64. The number of hydrogen-bond acceptors (Lipinski definition) is 3. The summed E-state index contributed by atoms with van der Waals surface area (Å²) in [4.78, 5) is 30.0. The number of nitrogens with one attached hydrogen (secondary N) is 1. The molecule has 0 spiro atoms. The maximum absolute atomic E-state index is 13.0. The molecule has 1 unspecified atom stereocenters. The summed E-state index contributed by atoms with van der Waals surface area (Å²) in [5.74, 6) is -0.240. The number of rotatable bonds is 2. The van der Waals surface area contributed by atoms with Crippen molar-refractivity contribution in [3.63, 3.8) is 0 Å². The number of amides is 2. The zero-order chi connectivity index (χ0) is 19.8. The SMILES string of the molecule is O=C1CC(=O)N(C2C[C@H]3CC[C@@H](C2)N3C2CCCCCCC2)c2ccccc2N1. The number of carbonyl (C=O) groups excluding carboxylic acids is 2. The van der Waals surface area contributed by atoms with E-state index in [9.17, 15) is 9.59 Å². The summed E-state index contributed by atoms with van der Waals surface area (Å²) in [7, 11) is 0. The van der Waals surface area contributed by atoms with Gasteiger partial charge in [0.25, 0.3) is 0 Å². The van der Waals surface area contributed by atoms with E-state index >= 15 is 0 Å². The summed E-state index contributed by atoms with van der Waals surface area (Å²) in [6, 6.07) is 9.93. The van der Waals surface area contributed by atoms with Gasteiger partial charge in [0.15, 0.2) is 0 Å². The van der Waals surface area contributed by atoms with Gasteiger partial charge in [-0.2, -0.15) is 0 Å². The highest BCUT2D eigenvalue weighted by Gasteiger charge is 2.46. The Morgan fingerprint density at radius 2 is 1.41 bits per heavy atom. The lowest BCUT2D eigenvalue weighted by atomic mass is 9.89. The molecule has 0 radical (unpaired) electrons. The fraction of sp³-hybridized carbons (Fsp3) is 0.667. The van der Waals surface area contributed by atoms with Crippen molar-refractivity contribution in [3.05, 3.63) is 24.3 Å². The molecule has 0 aromatic heterocycles. The van der Waals surface area contributed by atoms with Crippen molar-refractivity contribution in [2.24, 2.45) is 0 Å². The molecule has 3 fully saturated rings. The Morgan fingerprint density at radius 1 is 0.759 bits per heavy atom. The second kappa shape index (κ2) is 8.10. The first-order valence-electron chi connectivity index (χ1n) is 11.7. The Hall–Kier alpha value is -1.88. The molecule has 29 heavy (non-hydrogen) atoms. The van der Waals surface area contributed by atoms with Gasteiger partial charge < -0.3 is 10.2 Å². The average Bonchev–Trinajstić information content (AvgIpc) is 2.86. The van der Waals surface area contributed by atoms with E-state index in [0.29, 0.717) is 12.1 Å². The molecule has 1 N–H and O–H groups in total. The molecule has 1 aromatic rings. The minimum atomic E-state index is -0.195. The average molecular weight is 396 g/mol. The van der Waals surface area contributed by atoms with E-state index in [-0.39, 0.29) is 24.3 Å². The van der Waals surface area contributed by atoms with E-state index in [4.69, 9.17) is 0 Å². The Morgan fingerprint density at radius 3 is 2.14 bits per heavy atom. The molecular weight excluding hydrogens is 362 g/mol. The van der Waals surface area contributed by atoms with Crippen molar-refractivity contribution in [2.45, 2.75) is 101 Å². The lowest BCUT2D eigenvalue weighted by Crippen LogP contribution is -2.55. The molecule has 2 saturated heterocycles. The number of hydrogen-bond donors (Lipinski definition) is 1. The van der Waals surface area contributed by atoms with Gasteiger partial charge in [0.05, 0.1) is 11.4 Å². The number of para-hydroxylation sites is 2. The fourth-order valence-corrected chi connectivity index (χ4v) is 6.47. The highest BCUT2D eigenvalue weighted by atomic mass is 16.2. The predicted molar refractivity (Wildman–Crippen MR) is 115 cm³/mol. The Bertz CT molecular complexity index is 757. The second-order valence-corrected chi connectivity index (χ2v) is 9.46. The number of anilines is 2. The Labute approximate surface area is 173 Å². The van der Waals surface area contributed by atoms with Gasteiger partial charge in [-0.05, 0) is 50.7 Å². The number of nitrogens with zero attached hydrogens (tertiary/aromatic N) is 2. The molecule has 3 heterocycles. The first-order valence-corrected chi connectivity index (χ1v) is 11.7. The molecule has 1 aliphatic carbocycles. The van der Waals surface area contributed by atoms with Crippen LogP contribution in [0.25, 0.3) is 0 Å². The summed E-state index contributed by atoms with van der Waals surface area (Å²) >= 11 is 0. The van der Waals surface area contributed by atoms with Crippen LogP contribution in [0, 0.1) is 0 Å². The number of benzene rings is 1. The van der Waals surface area contributed by atoms with Crippen LogP contribution in [0.5, 0.6) is 0 Å². The van der Waals surface area contributed by atoms with Gasteiger partial charge in [-0.25, -0.2) is 0 Å². The normalized spacial score (nSPS) is 31.6. The van der Waals surface area contributed by atoms with Gasteiger partial charge in [0, 0.05) is 24.2 Å². The van der Waals surface area contributed by atoms with Crippen LogP contribution in [-0.2, 0) is 9.59 Å². The first-order chi connectivity index (χ1) is 14.2. The van der Waals surface area contributed by atoms with Crippen LogP contribution in [0.2, 0.25) is 0 Å². The van der Waals surface area contributed by atoms with Crippen molar-refractivity contribution >= 4 is 23.2 Å². The third-order valence-electron chi connectivity index (χ3n) is 7.64. The lowest BCUT2D eigenvalue weighted by Gasteiger charge is -2.47. The van der Waals surface area contributed by atoms with E-state index in [1.807, 2.05) is 29.2 Å². The van der Waals surface area contributed by atoms with Crippen LogP contribution in [-0.4, -0.2) is 40.9 Å². The van der Waals surface area contributed by atoms with Gasteiger partial charge in [-0.1, -0.05) is 44.2 Å². The van der Waals surface area contributed by atoms with Crippen molar-refractivity contribution in [2.75, 3.05) is 10.2 Å². The minimum absolute atomic E-state index is 0.0451. The van der Waals surface area contributed by atoms with Crippen molar-refractivity contribution < 1.29 is 9.59 Å². The summed E-state index contributed by atoms with van der Waals surface area (Å²) in [6.07, 6.45) is 14.2. The van der Waals surface area contributed by atoms with Crippen molar-refractivity contribution in [1.82, 2.24) is 4.90 Å². The van der Waals surface area contributed by atoms with Crippen LogP contribution in [0.4, 0.5) is 11.4 Å². The largest absolute Gasteiger partial charge is 0.324 e. The van der Waals surface area contributed by atoms with E-state index in [1.54, 1.807) is 0 Å². The summed E-state index contributed by atoms with van der Waals surface area (Å²) < 4.78 is 0. The second-order valence-electron chi connectivity index (χ2n) is 9.46. The number of fused-ring (bicyclic) bond motifs is 3. The van der Waals surface area contributed by atoms with Crippen molar-refractivity contribution in [3.8, 4) is 0 Å². The van der Waals surface area contributed by atoms with Crippen LogP contribution in [0.1, 0.15) is 77.0 Å². The molecule has 5 nitrogen and oxygen atoms in total. The summed E-state index contributed by atoms with van der Waals surface area (Å²) in [5, 5.41) is 2.92. The quantitative estimate of drug-likeness (QED) is 0.752. The highest BCUT2D eigenvalue weighted by molar-refractivity contribution is 6.14. The van der Waals surface area contributed by atoms with E-state index in [1.165, 1.54) is 57.8 Å². The molecule has 4 aliphatic rings. The van der Waals surface area contributed by atoms with E-state index in [2.05, 4.69) is 10.2 Å².